The predicted octanol–water partition coefficient (Wildman–Crippen LogP) is 3.39. The van der Waals surface area contributed by atoms with Crippen LogP contribution in [0.2, 0.25) is 0 Å². The van der Waals surface area contributed by atoms with Gasteiger partial charge in [0, 0.05) is 26.3 Å². The van der Waals surface area contributed by atoms with E-state index in [0.29, 0.717) is 17.8 Å². The molecule has 0 spiro atoms. The van der Waals surface area contributed by atoms with E-state index in [9.17, 15) is 9.59 Å². The minimum Gasteiger partial charge on any atom is -0.462 e. The van der Waals surface area contributed by atoms with Crippen molar-refractivity contribution in [2.24, 2.45) is 0 Å². The molecular formula is C22H29N3O3. The fourth-order valence-electron chi connectivity index (χ4n) is 2.81. The molecule has 150 valence electrons. The van der Waals surface area contributed by atoms with Gasteiger partial charge in [0.2, 0.25) is 5.91 Å². The third-order valence-corrected chi connectivity index (χ3v) is 4.37. The Kier molecular flexibility index (Phi) is 8.02. The van der Waals surface area contributed by atoms with Crippen LogP contribution in [0.15, 0.2) is 48.5 Å². The number of likely N-dealkylation sites (N-methyl/N-ethyl adjacent to an activating group) is 1. The van der Waals surface area contributed by atoms with Crippen molar-refractivity contribution in [2.45, 2.75) is 20.4 Å². The summed E-state index contributed by atoms with van der Waals surface area (Å²) in [5.74, 6) is -0.602. The van der Waals surface area contributed by atoms with Crippen molar-refractivity contribution in [3.05, 3.63) is 59.7 Å². The SMILES string of the molecule is CCOC(=O)c1ccccc1NC(=O)CN(CC)Cc1ccc(N(C)C)cc1. The topological polar surface area (TPSA) is 61.9 Å². The second-order valence-corrected chi connectivity index (χ2v) is 6.68. The molecule has 0 aliphatic heterocycles. The third kappa shape index (κ3) is 6.09. The molecular weight excluding hydrogens is 354 g/mol. The second kappa shape index (κ2) is 10.5. The van der Waals surface area contributed by atoms with Crippen LogP contribution in [0.25, 0.3) is 0 Å². The van der Waals surface area contributed by atoms with Crippen LogP contribution in [-0.2, 0) is 16.1 Å². The number of hydrogen-bond acceptors (Lipinski definition) is 5. The largest absolute Gasteiger partial charge is 0.462 e. The van der Waals surface area contributed by atoms with Gasteiger partial charge in [0.25, 0.3) is 0 Å². The van der Waals surface area contributed by atoms with Crippen LogP contribution in [0.4, 0.5) is 11.4 Å². The zero-order chi connectivity index (χ0) is 20.5. The van der Waals surface area contributed by atoms with E-state index in [1.807, 2.05) is 25.9 Å². The van der Waals surface area contributed by atoms with Gasteiger partial charge in [0.15, 0.2) is 0 Å². The maximum absolute atomic E-state index is 12.5. The Balaban J connectivity index is 2.00. The Hall–Kier alpha value is -2.86. The number of esters is 1. The molecule has 0 aromatic heterocycles. The molecule has 6 heteroatoms. The van der Waals surface area contributed by atoms with E-state index < -0.39 is 5.97 Å². The molecule has 1 amide bonds. The summed E-state index contributed by atoms with van der Waals surface area (Å²) in [4.78, 5) is 28.7. The highest BCUT2D eigenvalue weighted by molar-refractivity contribution is 6.01. The molecule has 0 saturated heterocycles. The molecule has 0 aliphatic carbocycles. The number of para-hydroxylation sites is 1. The summed E-state index contributed by atoms with van der Waals surface area (Å²) in [5.41, 5.74) is 3.12. The van der Waals surface area contributed by atoms with Gasteiger partial charge in [-0.05, 0) is 43.3 Å². The standard InChI is InChI=1S/C22H29N3O3/c1-5-25(15-17-11-13-18(14-12-17)24(3)4)16-21(26)23-20-10-8-7-9-19(20)22(27)28-6-2/h7-14H,5-6,15-16H2,1-4H3,(H,23,26). The molecule has 0 radical (unpaired) electrons. The number of carbonyl (C=O) groups excluding carboxylic acids is 2. The summed E-state index contributed by atoms with van der Waals surface area (Å²) in [7, 11) is 4.01. The van der Waals surface area contributed by atoms with Gasteiger partial charge in [-0.1, -0.05) is 31.2 Å². The Morgan fingerprint density at radius 2 is 1.68 bits per heavy atom. The van der Waals surface area contributed by atoms with Crippen molar-refractivity contribution in [3.8, 4) is 0 Å². The van der Waals surface area contributed by atoms with Crippen molar-refractivity contribution in [3.63, 3.8) is 0 Å². The van der Waals surface area contributed by atoms with Gasteiger partial charge in [-0.25, -0.2) is 4.79 Å². The normalized spacial score (nSPS) is 10.6. The van der Waals surface area contributed by atoms with E-state index in [0.717, 1.165) is 17.8 Å². The van der Waals surface area contributed by atoms with Gasteiger partial charge in [-0.15, -0.1) is 0 Å². The second-order valence-electron chi connectivity index (χ2n) is 6.68. The van der Waals surface area contributed by atoms with Crippen molar-refractivity contribution in [1.29, 1.82) is 0 Å². The Bertz CT molecular complexity index is 788. The van der Waals surface area contributed by atoms with Crippen LogP contribution < -0.4 is 10.2 Å². The molecule has 0 aliphatic rings. The van der Waals surface area contributed by atoms with Gasteiger partial charge < -0.3 is 15.0 Å². The summed E-state index contributed by atoms with van der Waals surface area (Å²) in [6.45, 7) is 5.72. The Morgan fingerprint density at radius 3 is 2.29 bits per heavy atom. The van der Waals surface area contributed by atoms with Crippen LogP contribution in [0.1, 0.15) is 29.8 Å². The summed E-state index contributed by atoms with van der Waals surface area (Å²) < 4.78 is 5.05. The average Bonchev–Trinajstić information content (AvgIpc) is 2.68. The third-order valence-electron chi connectivity index (χ3n) is 4.37. The minimum atomic E-state index is -0.438. The Labute approximate surface area is 167 Å². The molecule has 0 saturated carbocycles. The van der Waals surface area contributed by atoms with Gasteiger partial charge in [-0.3, -0.25) is 9.69 Å². The number of nitrogens with zero attached hydrogens (tertiary/aromatic N) is 2. The number of benzene rings is 2. The average molecular weight is 383 g/mol. The molecule has 2 aromatic carbocycles. The summed E-state index contributed by atoms with van der Waals surface area (Å²) in [5, 5.41) is 2.84. The van der Waals surface area contributed by atoms with Crippen molar-refractivity contribution < 1.29 is 14.3 Å². The van der Waals surface area contributed by atoms with E-state index >= 15 is 0 Å². The monoisotopic (exact) mass is 383 g/mol. The summed E-state index contributed by atoms with van der Waals surface area (Å²) in [6.07, 6.45) is 0. The zero-order valence-corrected chi connectivity index (χ0v) is 17.1. The number of carbonyl (C=O) groups is 2. The lowest BCUT2D eigenvalue weighted by molar-refractivity contribution is -0.117. The number of anilines is 2. The highest BCUT2D eigenvalue weighted by Gasteiger charge is 2.15. The fraction of sp³-hybridized carbons (Fsp3) is 0.364. The molecule has 2 rings (SSSR count). The molecule has 0 atom stereocenters. The van der Waals surface area contributed by atoms with Gasteiger partial charge in [0.1, 0.15) is 0 Å². The molecule has 1 N–H and O–H groups in total. The van der Waals surface area contributed by atoms with Crippen molar-refractivity contribution in [2.75, 3.05) is 44.0 Å². The Morgan fingerprint density at radius 1 is 1.00 bits per heavy atom. The first kappa shape index (κ1) is 21.4. The maximum Gasteiger partial charge on any atom is 0.340 e. The smallest absolute Gasteiger partial charge is 0.340 e. The lowest BCUT2D eigenvalue weighted by atomic mass is 10.1. The van der Waals surface area contributed by atoms with E-state index in [1.165, 1.54) is 0 Å². The molecule has 2 aromatic rings. The van der Waals surface area contributed by atoms with Gasteiger partial charge in [-0.2, -0.15) is 0 Å². The van der Waals surface area contributed by atoms with Crippen LogP contribution in [0.3, 0.4) is 0 Å². The summed E-state index contributed by atoms with van der Waals surface area (Å²) in [6, 6.07) is 15.2. The van der Waals surface area contributed by atoms with Crippen LogP contribution in [-0.4, -0.2) is 50.6 Å². The first-order valence-electron chi connectivity index (χ1n) is 9.49. The van der Waals surface area contributed by atoms with E-state index in [4.69, 9.17) is 4.74 Å². The fourth-order valence-corrected chi connectivity index (χ4v) is 2.81. The van der Waals surface area contributed by atoms with E-state index in [-0.39, 0.29) is 19.1 Å². The van der Waals surface area contributed by atoms with E-state index in [2.05, 4.69) is 34.5 Å². The highest BCUT2D eigenvalue weighted by Crippen LogP contribution is 2.17. The molecule has 0 heterocycles. The van der Waals surface area contributed by atoms with Crippen molar-refractivity contribution in [1.82, 2.24) is 4.90 Å². The van der Waals surface area contributed by atoms with Crippen LogP contribution in [0, 0.1) is 0 Å². The summed E-state index contributed by atoms with van der Waals surface area (Å²) >= 11 is 0. The quantitative estimate of drug-likeness (QED) is 0.673. The lowest BCUT2D eigenvalue weighted by Gasteiger charge is -2.21. The predicted molar refractivity (Wildman–Crippen MR) is 113 cm³/mol. The minimum absolute atomic E-state index is 0.163. The van der Waals surface area contributed by atoms with E-state index in [1.54, 1.807) is 31.2 Å². The first-order chi connectivity index (χ1) is 13.4. The first-order valence-corrected chi connectivity index (χ1v) is 9.49. The molecule has 0 fully saturated rings. The number of rotatable bonds is 9. The number of nitrogens with one attached hydrogen (secondary N) is 1. The molecule has 0 bridgehead atoms. The number of ether oxygens (including phenoxy) is 1. The van der Waals surface area contributed by atoms with Gasteiger partial charge >= 0.3 is 5.97 Å². The van der Waals surface area contributed by atoms with Gasteiger partial charge in [0.05, 0.1) is 24.4 Å². The van der Waals surface area contributed by atoms with Crippen LogP contribution in [0.5, 0.6) is 0 Å². The molecule has 6 nitrogen and oxygen atoms in total. The maximum atomic E-state index is 12.5. The molecule has 28 heavy (non-hydrogen) atoms. The number of amides is 1. The highest BCUT2D eigenvalue weighted by atomic mass is 16.5. The lowest BCUT2D eigenvalue weighted by Crippen LogP contribution is -2.33. The molecule has 0 unspecified atom stereocenters. The van der Waals surface area contributed by atoms with Crippen LogP contribution >= 0.6 is 0 Å². The van der Waals surface area contributed by atoms with Crippen molar-refractivity contribution >= 4 is 23.3 Å². The number of hydrogen-bond donors (Lipinski definition) is 1. The zero-order valence-electron chi connectivity index (χ0n) is 17.1.